The van der Waals surface area contributed by atoms with Crippen LogP contribution in [0, 0.1) is 17.8 Å². The molecule has 1 aliphatic rings. The summed E-state index contributed by atoms with van der Waals surface area (Å²) in [5.74, 6) is 8.15. The lowest BCUT2D eigenvalue weighted by molar-refractivity contribution is -0.119. The highest BCUT2D eigenvalue weighted by molar-refractivity contribution is 7.13. The normalized spacial score (nSPS) is 14.2. The van der Waals surface area contributed by atoms with E-state index in [9.17, 15) is 4.79 Å². The Balaban J connectivity index is 1.53. The number of carbonyl (C=O) groups is 1. The summed E-state index contributed by atoms with van der Waals surface area (Å²) in [4.78, 5) is 16.0. The minimum atomic E-state index is -0.202. The predicted octanol–water partition coefficient (Wildman–Crippen LogP) is 3.60. The SMILES string of the molecule is CC(=O)NC(C)C#Cc1cnc(Oc2ccc(OCC3CC3)cc2)s1. The van der Waals surface area contributed by atoms with Gasteiger partial charge in [-0.25, -0.2) is 4.98 Å². The largest absolute Gasteiger partial charge is 0.493 e. The Morgan fingerprint density at radius 1 is 1.36 bits per heavy atom. The molecule has 0 bridgehead atoms. The summed E-state index contributed by atoms with van der Waals surface area (Å²) >= 11 is 1.36. The van der Waals surface area contributed by atoms with Gasteiger partial charge in [0.2, 0.25) is 5.91 Å². The summed E-state index contributed by atoms with van der Waals surface area (Å²) in [5, 5.41) is 3.25. The summed E-state index contributed by atoms with van der Waals surface area (Å²) in [6.45, 7) is 4.10. The smallest absolute Gasteiger partial charge is 0.279 e. The molecular formula is C19H20N2O3S. The molecule has 1 aromatic carbocycles. The molecule has 2 aromatic rings. The van der Waals surface area contributed by atoms with Crippen molar-refractivity contribution in [2.45, 2.75) is 32.7 Å². The summed E-state index contributed by atoms with van der Waals surface area (Å²) in [7, 11) is 0. The molecule has 1 N–H and O–H groups in total. The third-order valence-electron chi connectivity index (χ3n) is 3.53. The highest BCUT2D eigenvalue weighted by Gasteiger charge is 2.21. The molecule has 0 saturated heterocycles. The number of amides is 1. The van der Waals surface area contributed by atoms with Crippen LogP contribution in [0.15, 0.2) is 30.5 Å². The molecule has 1 fully saturated rings. The maximum atomic E-state index is 11.0. The maximum Gasteiger partial charge on any atom is 0.279 e. The lowest BCUT2D eigenvalue weighted by Gasteiger charge is -2.06. The highest BCUT2D eigenvalue weighted by Crippen LogP contribution is 2.31. The number of hydrogen-bond donors (Lipinski definition) is 1. The molecule has 5 nitrogen and oxygen atoms in total. The van der Waals surface area contributed by atoms with E-state index in [4.69, 9.17) is 9.47 Å². The second-order valence-corrected chi connectivity index (χ2v) is 7.00. The number of thiazole rings is 1. The van der Waals surface area contributed by atoms with Crippen LogP contribution >= 0.6 is 11.3 Å². The van der Waals surface area contributed by atoms with Crippen molar-refractivity contribution in [3.8, 4) is 28.5 Å². The zero-order valence-corrected chi connectivity index (χ0v) is 15.1. The molecule has 1 atom stereocenters. The van der Waals surface area contributed by atoms with Crippen LogP contribution in [0.25, 0.3) is 0 Å². The lowest BCUT2D eigenvalue weighted by Crippen LogP contribution is -2.28. The van der Waals surface area contributed by atoms with Gasteiger partial charge in [-0.2, -0.15) is 0 Å². The van der Waals surface area contributed by atoms with Crippen molar-refractivity contribution in [3.63, 3.8) is 0 Å². The van der Waals surface area contributed by atoms with E-state index < -0.39 is 0 Å². The van der Waals surface area contributed by atoms with Crippen LogP contribution in [0.1, 0.15) is 31.6 Å². The fraction of sp³-hybridized carbons (Fsp3) is 0.368. The number of benzene rings is 1. The number of hydrogen-bond acceptors (Lipinski definition) is 5. The van der Waals surface area contributed by atoms with Gasteiger partial charge in [0.05, 0.1) is 18.8 Å². The third-order valence-corrected chi connectivity index (χ3v) is 4.32. The van der Waals surface area contributed by atoms with Crippen molar-refractivity contribution in [2.75, 3.05) is 6.61 Å². The van der Waals surface area contributed by atoms with Gasteiger partial charge in [0.25, 0.3) is 5.19 Å². The Hall–Kier alpha value is -2.52. The average Bonchev–Trinajstić information content (AvgIpc) is 3.30. The quantitative estimate of drug-likeness (QED) is 0.804. The van der Waals surface area contributed by atoms with Crippen molar-refractivity contribution in [3.05, 3.63) is 35.3 Å². The molecule has 3 rings (SSSR count). The van der Waals surface area contributed by atoms with Gasteiger partial charge in [-0.3, -0.25) is 4.79 Å². The molecule has 1 saturated carbocycles. The number of ether oxygens (including phenoxy) is 2. The summed E-state index contributed by atoms with van der Waals surface area (Å²) in [6, 6.07) is 7.34. The van der Waals surface area contributed by atoms with E-state index in [0.29, 0.717) is 10.9 Å². The summed E-state index contributed by atoms with van der Waals surface area (Å²) < 4.78 is 11.4. The first kappa shape index (κ1) is 17.3. The fourth-order valence-electron chi connectivity index (χ4n) is 2.09. The van der Waals surface area contributed by atoms with Crippen LogP contribution in [-0.4, -0.2) is 23.5 Å². The van der Waals surface area contributed by atoms with Gasteiger partial charge in [0, 0.05) is 6.92 Å². The van der Waals surface area contributed by atoms with Gasteiger partial charge in [-0.1, -0.05) is 23.2 Å². The molecule has 1 heterocycles. The molecule has 130 valence electrons. The van der Waals surface area contributed by atoms with E-state index in [0.717, 1.165) is 23.2 Å². The molecule has 0 radical (unpaired) electrons. The Morgan fingerprint density at radius 3 is 2.76 bits per heavy atom. The van der Waals surface area contributed by atoms with Gasteiger partial charge >= 0.3 is 0 Å². The van der Waals surface area contributed by atoms with E-state index in [-0.39, 0.29) is 11.9 Å². The zero-order chi connectivity index (χ0) is 17.6. The topological polar surface area (TPSA) is 60.5 Å². The second-order valence-electron chi connectivity index (χ2n) is 6.01. The van der Waals surface area contributed by atoms with Gasteiger partial charge < -0.3 is 14.8 Å². The monoisotopic (exact) mass is 356 g/mol. The van der Waals surface area contributed by atoms with Crippen molar-refractivity contribution in [1.82, 2.24) is 10.3 Å². The number of nitrogens with zero attached hydrogens (tertiary/aromatic N) is 1. The molecule has 1 unspecified atom stereocenters. The van der Waals surface area contributed by atoms with Gasteiger partial charge in [-0.15, -0.1) is 0 Å². The molecule has 1 aliphatic carbocycles. The van der Waals surface area contributed by atoms with Crippen LogP contribution in [0.4, 0.5) is 0 Å². The van der Waals surface area contributed by atoms with Crippen molar-refractivity contribution in [2.24, 2.45) is 5.92 Å². The maximum absolute atomic E-state index is 11.0. The minimum Gasteiger partial charge on any atom is -0.493 e. The standard InChI is InChI=1S/C19H20N2O3S/c1-13(21-14(2)22)3-10-18-11-20-19(25-18)24-17-8-6-16(7-9-17)23-12-15-4-5-15/h6-9,11,13,15H,4-5,12H2,1-2H3,(H,21,22). The zero-order valence-electron chi connectivity index (χ0n) is 14.2. The first-order chi connectivity index (χ1) is 12.1. The first-order valence-corrected chi connectivity index (χ1v) is 9.05. The molecule has 25 heavy (non-hydrogen) atoms. The van der Waals surface area contributed by atoms with Crippen LogP contribution in [0.5, 0.6) is 16.7 Å². The van der Waals surface area contributed by atoms with Gasteiger partial charge in [0.1, 0.15) is 16.4 Å². The number of aromatic nitrogens is 1. The van der Waals surface area contributed by atoms with Crippen LogP contribution in [0.2, 0.25) is 0 Å². The molecule has 0 spiro atoms. The molecular weight excluding hydrogens is 336 g/mol. The predicted molar refractivity (Wildman–Crippen MR) is 97.0 cm³/mol. The third kappa shape index (κ3) is 5.80. The number of carbonyl (C=O) groups excluding carboxylic acids is 1. The van der Waals surface area contributed by atoms with Crippen LogP contribution < -0.4 is 14.8 Å². The van der Waals surface area contributed by atoms with Gasteiger partial charge in [-0.05, 0) is 49.9 Å². The highest BCUT2D eigenvalue weighted by atomic mass is 32.1. The minimum absolute atomic E-state index is 0.0975. The van der Waals surface area contributed by atoms with Crippen LogP contribution in [0.3, 0.4) is 0 Å². The number of rotatable bonds is 6. The van der Waals surface area contributed by atoms with E-state index in [2.05, 4.69) is 22.1 Å². The van der Waals surface area contributed by atoms with E-state index in [1.165, 1.54) is 31.1 Å². The lowest BCUT2D eigenvalue weighted by atomic mass is 10.3. The molecule has 6 heteroatoms. The Kier molecular flexibility index (Phi) is 5.56. The van der Waals surface area contributed by atoms with E-state index >= 15 is 0 Å². The van der Waals surface area contributed by atoms with E-state index in [1.807, 2.05) is 31.2 Å². The van der Waals surface area contributed by atoms with Crippen molar-refractivity contribution in [1.29, 1.82) is 0 Å². The Labute approximate surface area is 151 Å². The van der Waals surface area contributed by atoms with Crippen molar-refractivity contribution >= 4 is 17.2 Å². The summed E-state index contributed by atoms with van der Waals surface area (Å²) in [6.07, 6.45) is 4.22. The Morgan fingerprint density at radius 2 is 2.08 bits per heavy atom. The van der Waals surface area contributed by atoms with Crippen LogP contribution in [-0.2, 0) is 4.79 Å². The summed E-state index contributed by atoms with van der Waals surface area (Å²) in [5.41, 5.74) is 0. The molecule has 1 aromatic heterocycles. The average molecular weight is 356 g/mol. The fourth-order valence-corrected chi connectivity index (χ4v) is 2.73. The Bertz CT molecular complexity index is 785. The second kappa shape index (κ2) is 8.04. The van der Waals surface area contributed by atoms with Gasteiger partial charge in [0.15, 0.2) is 0 Å². The first-order valence-electron chi connectivity index (χ1n) is 8.23. The molecule has 0 aliphatic heterocycles. The van der Waals surface area contributed by atoms with E-state index in [1.54, 1.807) is 6.20 Å². The van der Waals surface area contributed by atoms with Crippen molar-refractivity contribution < 1.29 is 14.3 Å². The number of nitrogens with one attached hydrogen (secondary N) is 1. The molecule has 1 amide bonds.